The number of carbonyl (C=O) groups excluding carboxylic acids is 3. The molecule has 0 aliphatic carbocycles. The summed E-state index contributed by atoms with van der Waals surface area (Å²) in [5.41, 5.74) is -0.843. The number of aliphatic hydroxyl groups excluding tert-OH is 1. The lowest BCUT2D eigenvalue weighted by molar-refractivity contribution is -0.287. The molecule has 380 valence electrons. The SMILES string of the molecule is CC[C@H]1OC(=O)[C@H](C)C(=O)[C@H](C)[C@@H](O[C@@H]2O[C@H](C)C[C@H](N(C)CCc3cn([C@H](CF)Cc4ccc(S(C)(=O)=O)cc4)nn3)[C@H]2O)[C@]2(C)CC/C(=N/O)CO[C@H]([C@@H](C)/C(=N/C(C)=O)[C@H](C)C2)[C@]1(C)O. The van der Waals surface area contributed by atoms with E-state index in [4.69, 9.17) is 18.9 Å². The van der Waals surface area contributed by atoms with Gasteiger partial charge in [0.15, 0.2) is 21.9 Å². The molecule has 3 fully saturated rings. The Bertz CT molecular complexity index is 2240. The van der Waals surface area contributed by atoms with Crippen LogP contribution >= 0.6 is 0 Å². The first-order valence-electron chi connectivity index (χ1n) is 23.7. The van der Waals surface area contributed by atoms with Crippen molar-refractivity contribution < 1.29 is 61.6 Å². The van der Waals surface area contributed by atoms with Gasteiger partial charge in [0.2, 0.25) is 5.91 Å². The van der Waals surface area contributed by atoms with Gasteiger partial charge in [0, 0.05) is 55.9 Å². The Kier molecular flexibility index (Phi) is 18.4. The minimum atomic E-state index is -3.37. The van der Waals surface area contributed by atoms with Gasteiger partial charge in [-0.1, -0.05) is 57.1 Å². The molecule has 4 heterocycles. The first kappa shape index (κ1) is 54.9. The van der Waals surface area contributed by atoms with Crippen LogP contribution in [0.3, 0.4) is 0 Å². The maximum atomic E-state index is 14.6. The number of amides is 1. The number of nitrogens with zero attached hydrogens (tertiary/aromatic N) is 6. The summed E-state index contributed by atoms with van der Waals surface area (Å²) in [4.78, 5) is 48.0. The van der Waals surface area contributed by atoms with E-state index in [-0.39, 0.29) is 49.3 Å². The third kappa shape index (κ3) is 12.8. The molecule has 0 unspecified atom stereocenters. The van der Waals surface area contributed by atoms with E-state index in [1.165, 1.54) is 37.6 Å². The minimum Gasteiger partial charge on any atom is -0.459 e. The highest BCUT2D eigenvalue weighted by atomic mass is 32.2. The summed E-state index contributed by atoms with van der Waals surface area (Å²) in [7, 11) is -1.52. The van der Waals surface area contributed by atoms with Crippen LogP contribution in [0.4, 0.5) is 4.39 Å². The third-order valence-corrected chi connectivity index (χ3v) is 15.5. The van der Waals surface area contributed by atoms with Crippen LogP contribution in [-0.2, 0) is 56.0 Å². The summed E-state index contributed by atoms with van der Waals surface area (Å²) in [6.45, 7) is 14.6. The number of benzene rings is 1. The van der Waals surface area contributed by atoms with Gasteiger partial charge in [0.1, 0.15) is 30.4 Å². The molecular weight excluding hydrogens is 904 g/mol. The van der Waals surface area contributed by atoms with Crippen molar-refractivity contribution in [2.24, 2.45) is 39.2 Å². The number of carbonyl (C=O) groups is 3. The summed E-state index contributed by atoms with van der Waals surface area (Å²) in [6.07, 6.45) is -1.42. The highest BCUT2D eigenvalue weighted by Crippen LogP contribution is 2.45. The fourth-order valence-electron chi connectivity index (χ4n) is 10.5. The van der Waals surface area contributed by atoms with Crippen molar-refractivity contribution >= 4 is 38.9 Å². The highest BCUT2D eigenvalue weighted by Gasteiger charge is 2.52. The predicted octanol–water partition coefficient (Wildman–Crippen LogP) is 4.75. The molecule has 5 rings (SSSR count). The molecule has 3 saturated heterocycles. The number of oxime groups is 1. The quantitative estimate of drug-likeness (QED) is 0.113. The molecule has 3 aliphatic rings. The number of hydrogen-bond donors (Lipinski definition) is 3. The number of Topliss-reactive ketones (excluding diaryl/α,β-unsaturated/α-hetero) is 1. The number of likely N-dealkylation sites (N-methyl/N-ethyl adjacent to an activating group) is 1. The van der Waals surface area contributed by atoms with Gasteiger partial charge >= 0.3 is 5.97 Å². The number of ether oxygens (including phenoxy) is 4. The van der Waals surface area contributed by atoms with E-state index in [1.54, 1.807) is 39.1 Å². The number of aromatic nitrogens is 3. The average Bonchev–Trinajstić information content (AvgIpc) is 3.76. The molecular formula is C48H73FN6O12S. The Labute approximate surface area is 399 Å². The molecule has 20 heteroatoms. The molecule has 0 spiro atoms. The number of aliphatic imine (C=N–C) groups is 1. The van der Waals surface area contributed by atoms with E-state index in [1.807, 2.05) is 32.7 Å². The summed E-state index contributed by atoms with van der Waals surface area (Å²) in [5.74, 6) is -5.27. The van der Waals surface area contributed by atoms with E-state index in [0.717, 1.165) is 11.8 Å². The number of hydrogen-bond acceptors (Lipinski definition) is 16. The molecule has 2 aromatic rings. The molecule has 18 nitrogen and oxygen atoms in total. The Balaban J connectivity index is 1.44. The summed E-state index contributed by atoms with van der Waals surface area (Å²) in [6, 6.07) is 5.14. The maximum absolute atomic E-state index is 14.6. The number of sulfone groups is 1. The summed E-state index contributed by atoms with van der Waals surface area (Å²) in [5, 5.41) is 46.8. The number of alkyl halides is 1. The standard InChI is InChI=1S/C48H73FN6O12S/c1-12-39-48(9,60)44-29(4)40(50-32(7)56)27(2)23-47(8,19-17-35(52-61)26-64-44)43(30(5)41(57)31(6)45(59)66-39)67-46-42(58)38(21-28(3)65-46)54(10)20-18-34-25-55(53-51-34)36(24-49)22-33-13-15-37(16-14-33)68(11,62)63/h13-16,25,27-31,36,38-39,42-44,46,58,60-61H,12,17-24,26H2,1-11H3/b50-40+,52-35-/t27-,28-,29+,30+,31-,36+,38+,39-,42-,43-,44-,46+,47-,48-/m1/s1. The number of esters is 1. The number of aliphatic hydroxyl groups is 2. The molecule has 0 radical (unpaired) electrons. The lowest BCUT2D eigenvalue weighted by Gasteiger charge is -2.48. The van der Waals surface area contributed by atoms with Gasteiger partial charge < -0.3 is 39.3 Å². The number of halogens is 1. The second kappa shape index (κ2) is 22.8. The topological polar surface area (TPSA) is 242 Å². The Morgan fingerprint density at radius 3 is 2.40 bits per heavy atom. The Hall–Kier alpha value is -4.05. The van der Waals surface area contributed by atoms with Crippen LogP contribution in [0.5, 0.6) is 0 Å². The smallest absolute Gasteiger partial charge is 0.316 e. The van der Waals surface area contributed by atoms with E-state index >= 15 is 0 Å². The molecule has 3 aliphatic heterocycles. The third-order valence-electron chi connectivity index (χ3n) is 14.4. The Morgan fingerprint density at radius 1 is 1.12 bits per heavy atom. The van der Waals surface area contributed by atoms with Gasteiger partial charge in [-0.25, -0.2) is 22.5 Å². The number of fused-ring (bicyclic) bond motifs is 5. The van der Waals surface area contributed by atoms with Gasteiger partial charge in [-0.15, -0.1) is 5.10 Å². The van der Waals surface area contributed by atoms with Crippen molar-refractivity contribution in [3.8, 4) is 0 Å². The van der Waals surface area contributed by atoms with Gasteiger partial charge in [-0.2, -0.15) is 0 Å². The fourth-order valence-corrected chi connectivity index (χ4v) is 11.1. The monoisotopic (exact) mass is 976 g/mol. The second-order valence-corrected chi connectivity index (χ2v) is 22.0. The predicted molar refractivity (Wildman–Crippen MR) is 250 cm³/mol. The molecule has 68 heavy (non-hydrogen) atoms. The average molecular weight is 977 g/mol. The van der Waals surface area contributed by atoms with Gasteiger partial charge in [0.05, 0.1) is 47.3 Å². The van der Waals surface area contributed by atoms with Gasteiger partial charge in [-0.05, 0) is 95.4 Å². The van der Waals surface area contributed by atoms with Crippen molar-refractivity contribution in [1.82, 2.24) is 19.9 Å². The van der Waals surface area contributed by atoms with Gasteiger partial charge in [0.25, 0.3) is 0 Å². The second-order valence-electron chi connectivity index (χ2n) is 20.0. The zero-order chi connectivity index (χ0) is 50.5. The van der Waals surface area contributed by atoms with Crippen molar-refractivity contribution in [3.05, 3.63) is 41.7 Å². The van der Waals surface area contributed by atoms with Crippen LogP contribution < -0.4 is 0 Å². The molecule has 2 bridgehead atoms. The van der Waals surface area contributed by atoms with E-state index in [2.05, 4.69) is 20.5 Å². The lowest BCUT2D eigenvalue weighted by atomic mass is 9.66. The van der Waals surface area contributed by atoms with E-state index < -0.39 is 118 Å². The van der Waals surface area contributed by atoms with Crippen LogP contribution in [0.1, 0.15) is 112 Å². The van der Waals surface area contributed by atoms with Crippen LogP contribution in [0, 0.1) is 29.1 Å². The van der Waals surface area contributed by atoms with E-state index in [0.29, 0.717) is 30.8 Å². The number of rotatable bonds is 12. The molecule has 14 atom stereocenters. The molecule has 1 amide bonds. The minimum absolute atomic E-state index is 0.152. The van der Waals surface area contributed by atoms with Crippen LogP contribution in [0.15, 0.2) is 45.5 Å². The van der Waals surface area contributed by atoms with Crippen LogP contribution in [0.2, 0.25) is 0 Å². The lowest BCUT2D eigenvalue weighted by Crippen LogP contribution is -2.59. The zero-order valence-corrected chi connectivity index (χ0v) is 42.2. The summed E-state index contributed by atoms with van der Waals surface area (Å²) >= 11 is 0. The fraction of sp³-hybridized carbons (Fsp3) is 0.729. The van der Waals surface area contributed by atoms with Gasteiger partial charge in [-0.3, -0.25) is 14.4 Å². The number of cyclic esters (lactones) is 1. The maximum Gasteiger partial charge on any atom is 0.316 e. The first-order valence-corrected chi connectivity index (χ1v) is 25.6. The highest BCUT2D eigenvalue weighted by molar-refractivity contribution is 7.90. The zero-order valence-electron chi connectivity index (χ0n) is 41.4. The van der Waals surface area contributed by atoms with Crippen molar-refractivity contribution in [1.29, 1.82) is 0 Å². The molecule has 1 aromatic heterocycles. The normalized spacial score (nSPS) is 35.4. The largest absolute Gasteiger partial charge is 0.459 e. The summed E-state index contributed by atoms with van der Waals surface area (Å²) < 4.78 is 65.3. The Morgan fingerprint density at radius 2 is 1.79 bits per heavy atom. The number of ketones is 1. The molecule has 1 aromatic carbocycles. The van der Waals surface area contributed by atoms with E-state index in [9.17, 15) is 42.6 Å². The van der Waals surface area contributed by atoms with Crippen LogP contribution in [0.25, 0.3) is 0 Å². The molecule has 3 N–H and O–H groups in total. The van der Waals surface area contributed by atoms with Crippen LogP contribution in [-0.4, -0.2) is 154 Å². The van der Waals surface area contributed by atoms with Crippen molar-refractivity contribution in [2.45, 2.75) is 167 Å². The van der Waals surface area contributed by atoms with Crippen molar-refractivity contribution in [3.63, 3.8) is 0 Å². The van der Waals surface area contributed by atoms with Crippen molar-refractivity contribution in [2.75, 3.05) is 33.1 Å². The molecule has 0 saturated carbocycles. The first-order chi connectivity index (χ1) is 31.8.